The van der Waals surface area contributed by atoms with Crippen molar-refractivity contribution < 1.29 is 5.11 Å². The van der Waals surface area contributed by atoms with Gasteiger partial charge in [0.05, 0.1) is 17.8 Å². The zero-order chi connectivity index (χ0) is 13.9. The van der Waals surface area contributed by atoms with Crippen molar-refractivity contribution >= 4 is 0 Å². The second-order valence-corrected chi connectivity index (χ2v) is 7.03. The SMILES string of the molecule is CC1CCC(C(O)Cc2ccn(C3CCCCC3)n2)C1. The molecule has 0 aromatic carbocycles. The first-order valence-electron chi connectivity index (χ1n) is 8.44. The van der Waals surface area contributed by atoms with Crippen LogP contribution in [0.2, 0.25) is 0 Å². The first kappa shape index (κ1) is 14.1. The van der Waals surface area contributed by atoms with E-state index < -0.39 is 0 Å². The van der Waals surface area contributed by atoms with Gasteiger partial charge in [0.2, 0.25) is 0 Å². The Kier molecular flexibility index (Phi) is 4.45. The lowest BCUT2D eigenvalue weighted by atomic mass is 9.96. The molecule has 3 heteroatoms. The minimum atomic E-state index is -0.199. The summed E-state index contributed by atoms with van der Waals surface area (Å²) in [5.74, 6) is 1.28. The van der Waals surface area contributed by atoms with E-state index in [0.717, 1.165) is 18.0 Å². The smallest absolute Gasteiger partial charge is 0.0650 e. The van der Waals surface area contributed by atoms with Crippen LogP contribution in [-0.4, -0.2) is 21.0 Å². The van der Waals surface area contributed by atoms with Gasteiger partial charge in [-0.2, -0.15) is 5.10 Å². The van der Waals surface area contributed by atoms with E-state index in [1.54, 1.807) is 0 Å². The largest absolute Gasteiger partial charge is 0.392 e. The number of aliphatic hydroxyl groups is 1. The van der Waals surface area contributed by atoms with Crippen molar-refractivity contribution in [3.8, 4) is 0 Å². The number of hydrogen-bond acceptors (Lipinski definition) is 2. The Hall–Kier alpha value is -0.830. The van der Waals surface area contributed by atoms with Gasteiger partial charge in [-0.15, -0.1) is 0 Å². The van der Waals surface area contributed by atoms with Gasteiger partial charge < -0.3 is 5.11 Å². The minimum absolute atomic E-state index is 0.199. The molecule has 1 aromatic heterocycles. The highest BCUT2D eigenvalue weighted by atomic mass is 16.3. The van der Waals surface area contributed by atoms with Gasteiger partial charge in [0.25, 0.3) is 0 Å². The third-order valence-electron chi connectivity index (χ3n) is 5.31. The van der Waals surface area contributed by atoms with Crippen LogP contribution >= 0.6 is 0 Å². The molecule has 3 rings (SSSR count). The van der Waals surface area contributed by atoms with Gasteiger partial charge in [-0.3, -0.25) is 4.68 Å². The van der Waals surface area contributed by atoms with E-state index in [0.29, 0.717) is 12.0 Å². The molecule has 0 bridgehead atoms. The van der Waals surface area contributed by atoms with Gasteiger partial charge in [0.15, 0.2) is 0 Å². The van der Waals surface area contributed by atoms with Gasteiger partial charge in [0.1, 0.15) is 0 Å². The summed E-state index contributed by atoms with van der Waals surface area (Å²) < 4.78 is 2.15. The average Bonchev–Trinajstić information content (AvgIpc) is 3.09. The van der Waals surface area contributed by atoms with Crippen molar-refractivity contribution in [1.82, 2.24) is 9.78 Å². The summed E-state index contributed by atoms with van der Waals surface area (Å²) in [5.41, 5.74) is 1.07. The standard InChI is InChI=1S/C17H28N2O/c1-13-7-8-14(11-13)17(20)12-15-9-10-19(18-15)16-5-3-2-4-6-16/h9-10,13-14,16-17,20H,2-8,11-12H2,1H3. The van der Waals surface area contributed by atoms with Crippen LogP contribution in [0.3, 0.4) is 0 Å². The van der Waals surface area contributed by atoms with Gasteiger partial charge >= 0.3 is 0 Å². The van der Waals surface area contributed by atoms with Crippen LogP contribution in [0.5, 0.6) is 0 Å². The summed E-state index contributed by atoms with van der Waals surface area (Å²) >= 11 is 0. The van der Waals surface area contributed by atoms with E-state index in [1.807, 2.05) is 0 Å². The van der Waals surface area contributed by atoms with Crippen LogP contribution < -0.4 is 0 Å². The van der Waals surface area contributed by atoms with E-state index in [4.69, 9.17) is 5.10 Å². The molecule has 3 atom stereocenters. The molecule has 0 saturated heterocycles. The summed E-state index contributed by atoms with van der Waals surface area (Å²) in [6.45, 7) is 2.30. The van der Waals surface area contributed by atoms with Gasteiger partial charge in [-0.25, -0.2) is 0 Å². The molecule has 0 amide bonds. The number of hydrogen-bond donors (Lipinski definition) is 1. The molecule has 1 aromatic rings. The van der Waals surface area contributed by atoms with Crippen molar-refractivity contribution in [3.63, 3.8) is 0 Å². The molecule has 2 aliphatic rings. The van der Waals surface area contributed by atoms with Crippen molar-refractivity contribution in [2.45, 2.75) is 76.9 Å². The molecule has 112 valence electrons. The number of aliphatic hydroxyl groups excluding tert-OH is 1. The monoisotopic (exact) mass is 276 g/mol. The van der Waals surface area contributed by atoms with Gasteiger partial charge in [0, 0.05) is 12.6 Å². The fraction of sp³-hybridized carbons (Fsp3) is 0.824. The molecule has 3 nitrogen and oxygen atoms in total. The lowest BCUT2D eigenvalue weighted by molar-refractivity contribution is 0.108. The maximum atomic E-state index is 10.4. The number of rotatable bonds is 4. The van der Waals surface area contributed by atoms with Crippen molar-refractivity contribution in [2.24, 2.45) is 11.8 Å². The third-order valence-corrected chi connectivity index (χ3v) is 5.31. The fourth-order valence-corrected chi connectivity index (χ4v) is 4.02. The summed E-state index contributed by atoms with van der Waals surface area (Å²) in [6, 6.07) is 2.71. The zero-order valence-electron chi connectivity index (χ0n) is 12.7. The van der Waals surface area contributed by atoms with Crippen LogP contribution in [0.15, 0.2) is 12.3 Å². The summed E-state index contributed by atoms with van der Waals surface area (Å²) in [7, 11) is 0. The molecule has 0 aliphatic heterocycles. The summed E-state index contributed by atoms with van der Waals surface area (Å²) in [5, 5.41) is 15.1. The quantitative estimate of drug-likeness (QED) is 0.910. The van der Waals surface area contributed by atoms with Crippen LogP contribution in [0.4, 0.5) is 0 Å². The van der Waals surface area contributed by atoms with Crippen LogP contribution in [0, 0.1) is 11.8 Å². The van der Waals surface area contributed by atoms with E-state index in [2.05, 4.69) is 23.9 Å². The number of aromatic nitrogens is 2. The average molecular weight is 276 g/mol. The molecule has 20 heavy (non-hydrogen) atoms. The van der Waals surface area contributed by atoms with Gasteiger partial charge in [-0.1, -0.05) is 32.6 Å². The molecule has 1 heterocycles. The Labute approximate surface area is 122 Å². The Morgan fingerprint density at radius 1 is 1.25 bits per heavy atom. The van der Waals surface area contributed by atoms with Gasteiger partial charge in [-0.05, 0) is 43.6 Å². The predicted octanol–water partition coefficient (Wildman–Crippen LogP) is 3.73. The minimum Gasteiger partial charge on any atom is -0.392 e. The topological polar surface area (TPSA) is 38.0 Å². The number of nitrogens with zero attached hydrogens (tertiary/aromatic N) is 2. The summed E-state index contributed by atoms with van der Waals surface area (Å²) in [6.07, 6.45) is 12.9. The van der Waals surface area contributed by atoms with Crippen LogP contribution in [-0.2, 0) is 6.42 Å². The molecule has 1 N–H and O–H groups in total. The lowest BCUT2D eigenvalue weighted by Crippen LogP contribution is -2.21. The lowest BCUT2D eigenvalue weighted by Gasteiger charge is -2.22. The maximum Gasteiger partial charge on any atom is 0.0650 e. The van der Waals surface area contributed by atoms with Crippen molar-refractivity contribution in [2.75, 3.05) is 0 Å². The zero-order valence-corrected chi connectivity index (χ0v) is 12.7. The third kappa shape index (κ3) is 3.25. The van der Waals surface area contributed by atoms with E-state index >= 15 is 0 Å². The molecular formula is C17H28N2O. The second kappa shape index (κ2) is 6.30. The van der Waals surface area contributed by atoms with Crippen molar-refractivity contribution in [1.29, 1.82) is 0 Å². The summed E-state index contributed by atoms with van der Waals surface area (Å²) in [4.78, 5) is 0. The van der Waals surface area contributed by atoms with Crippen molar-refractivity contribution in [3.05, 3.63) is 18.0 Å². The van der Waals surface area contributed by atoms with Crippen LogP contribution in [0.25, 0.3) is 0 Å². The maximum absolute atomic E-state index is 10.4. The Balaban J connectivity index is 1.56. The first-order chi connectivity index (χ1) is 9.72. The molecule has 2 fully saturated rings. The molecular weight excluding hydrogens is 248 g/mol. The Morgan fingerprint density at radius 2 is 2.05 bits per heavy atom. The highest BCUT2D eigenvalue weighted by Crippen LogP contribution is 2.33. The fourth-order valence-electron chi connectivity index (χ4n) is 4.02. The molecule has 2 saturated carbocycles. The second-order valence-electron chi connectivity index (χ2n) is 7.03. The Morgan fingerprint density at radius 3 is 2.75 bits per heavy atom. The highest BCUT2D eigenvalue weighted by Gasteiger charge is 2.28. The highest BCUT2D eigenvalue weighted by molar-refractivity contribution is 5.02. The first-order valence-corrected chi connectivity index (χ1v) is 8.44. The molecule has 0 radical (unpaired) electrons. The molecule has 0 spiro atoms. The molecule has 3 unspecified atom stereocenters. The van der Waals surface area contributed by atoms with Crippen LogP contribution in [0.1, 0.15) is 70.0 Å². The van der Waals surface area contributed by atoms with E-state index in [-0.39, 0.29) is 6.10 Å². The molecule has 2 aliphatic carbocycles. The van der Waals surface area contributed by atoms with E-state index in [1.165, 1.54) is 51.4 Å². The van der Waals surface area contributed by atoms with E-state index in [9.17, 15) is 5.11 Å². The Bertz CT molecular complexity index is 422. The normalized spacial score (nSPS) is 29.7. The predicted molar refractivity (Wildman–Crippen MR) is 80.6 cm³/mol.